The van der Waals surface area contributed by atoms with Crippen molar-refractivity contribution in [1.29, 1.82) is 0 Å². The van der Waals surface area contributed by atoms with Gasteiger partial charge in [0.1, 0.15) is 5.84 Å². The highest BCUT2D eigenvalue weighted by Gasteiger charge is 2.24. The molecule has 5 N–H and O–H groups in total. The molecule has 1 aromatic rings. The van der Waals surface area contributed by atoms with E-state index in [-0.39, 0.29) is 5.92 Å². The number of rotatable bonds is 9. The molecule has 1 fully saturated rings. The first-order valence-corrected chi connectivity index (χ1v) is 11.7. The highest BCUT2D eigenvalue weighted by atomic mass is 15.2. The van der Waals surface area contributed by atoms with Gasteiger partial charge in [0.2, 0.25) is 0 Å². The lowest BCUT2D eigenvalue weighted by Gasteiger charge is -2.38. The minimum absolute atomic E-state index is 0.250. The van der Waals surface area contributed by atoms with Gasteiger partial charge in [0.05, 0.1) is 11.4 Å². The van der Waals surface area contributed by atoms with E-state index < -0.39 is 0 Å². The van der Waals surface area contributed by atoms with Gasteiger partial charge in [-0.25, -0.2) is 0 Å². The third-order valence-corrected chi connectivity index (χ3v) is 5.51. The Morgan fingerprint density at radius 1 is 1.20 bits per heavy atom. The molecule has 1 aromatic carbocycles. The number of hydrogen-bond acceptors (Lipinski definition) is 4. The molecule has 1 aliphatic rings. The normalized spacial score (nSPS) is 15.9. The van der Waals surface area contributed by atoms with Crippen LogP contribution in [0.25, 0.3) is 0 Å². The lowest BCUT2D eigenvalue weighted by atomic mass is 9.92. The van der Waals surface area contributed by atoms with E-state index in [4.69, 9.17) is 11.6 Å². The number of amidine groups is 1. The van der Waals surface area contributed by atoms with E-state index in [1.54, 1.807) is 0 Å². The number of nitrogens with one attached hydrogen (secondary N) is 1. The summed E-state index contributed by atoms with van der Waals surface area (Å²) in [5.74, 6) is 6.66. The Labute approximate surface area is 185 Å². The van der Waals surface area contributed by atoms with Crippen LogP contribution >= 0.6 is 0 Å². The quantitative estimate of drug-likeness (QED) is 0.195. The van der Waals surface area contributed by atoms with Crippen molar-refractivity contribution in [2.45, 2.75) is 92.0 Å². The number of hydrazone groups is 1. The lowest BCUT2D eigenvalue weighted by molar-refractivity contribution is 0.401. The van der Waals surface area contributed by atoms with Crippen molar-refractivity contribution in [3.63, 3.8) is 0 Å². The molecule has 0 amide bonds. The monoisotopic (exact) mass is 415 g/mol. The SMILES string of the molecule is C=C(C)Nc1cc(C(C)C/C(N)=N/N)ccc1N(CC(C)C)C1CCCCC1.CC. The first-order valence-electron chi connectivity index (χ1n) is 11.7. The van der Waals surface area contributed by atoms with E-state index in [1.807, 2.05) is 20.8 Å². The van der Waals surface area contributed by atoms with Crippen molar-refractivity contribution >= 4 is 17.2 Å². The Bertz CT molecular complexity index is 674. The summed E-state index contributed by atoms with van der Waals surface area (Å²) < 4.78 is 0. The average molecular weight is 416 g/mol. The van der Waals surface area contributed by atoms with Crippen LogP contribution in [-0.4, -0.2) is 18.4 Å². The summed E-state index contributed by atoms with van der Waals surface area (Å²) >= 11 is 0. The second-order valence-electron chi connectivity index (χ2n) is 8.75. The van der Waals surface area contributed by atoms with E-state index in [1.165, 1.54) is 43.4 Å². The van der Waals surface area contributed by atoms with Crippen LogP contribution in [-0.2, 0) is 0 Å². The van der Waals surface area contributed by atoms with Crippen LogP contribution in [0.15, 0.2) is 35.6 Å². The topological polar surface area (TPSA) is 79.7 Å². The number of anilines is 2. The molecule has 30 heavy (non-hydrogen) atoms. The van der Waals surface area contributed by atoms with Crippen LogP contribution in [0.2, 0.25) is 0 Å². The molecule has 170 valence electrons. The Kier molecular flexibility index (Phi) is 11.4. The van der Waals surface area contributed by atoms with Gasteiger partial charge < -0.3 is 21.8 Å². The number of nitrogens with zero attached hydrogens (tertiary/aromatic N) is 2. The summed E-state index contributed by atoms with van der Waals surface area (Å²) in [6.45, 7) is 17.9. The van der Waals surface area contributed by atoms with E-state index in [9.17, 15) is 0 Å². The molecule has 1 atom stereocenters. The zero-order valence-electron chi connectivity index (χ0n) is 20.2. The van der Waals surface area contributed by atoms with Gasteiger partial charge in [-0.2, -0.15) is 5.10 Å². The maximum Gasteiger partial charge on any atom is 0.119 e. The van der Waals surface area contributed by atoms with Gasteiger partial charge in [-0.3, -0.25) is 0 Å². The molecule has 0 heterocycles. The Hall–Kier alpha value is -2.17. The van der Waals surface area contributed by atoms with Crippen LogP contribution in [0.3, 0.4) is 0 Å². The maximum absolute atomic E-state index is 5.85. The van der Waals surface area contributed by atoms with Crippen molar-refractivity contribution in [3.05, 3.63) is 36.0 Å². The molecule has 0 spiro atoms. The van der Waals surface area contributed by atoms with Gasteiger partial charge in [0.25, 0.3) is 0 Å². The molecule has 5 nitrogen and oxygen atoms in total. The Morgan fingerprint density at radius 3 is 2.37 bits per heavy atom. The minimum atomic E-state index is 0.250. The Balaban J connectivity index is 0.00000218. The predicted octanol–water partition coefficient (Wildman–Crippen LogP) is 6.18. The summed E-state index contributed by atoms with van der Waals surface area (Å²) in [4.78, 5) is 2.62. The number of nitrogens with two attached hydrogens (primary N) is 2. The number of allylic oxidation sites excluding steroid dienone is 1. The maximum atomic E-state index is 5.85. The van der Waals surface area contributed by atoms with Crippen molar-refractivity contribution < 1.29 is 0 Å². The number of hydrogen-bond donors (Lipinski definition) is 3. The second-order valence-corrected chi connectivity index (χ2v) is 8.75. The molecular formula is C25H45N5. The van der Waals surface area contributed by atoms with Crippen molar-refractivity contribution in [3.8, 4) is 0 Å². The third-order valence-electron chi connectivity index (χ3n) is 5.51. The first-order chi connectivity index (χ1) is 14.3. The van der Waals surface area contributed by atoms with Crippen molar-refractivity contribution in [2.75, 3.05) is 16.8 Å². The summed E-state index contributed by atoms with van der Waals surface area (Å²) in [7, 11) is 0. The zero-order valence-corrected chi connectivity index (χ0v) is 20.2. The van der Waals surface area contributed by atoms with Gasteiger partial charge in [-0.05, 0) is 49.3 Å². The van der Waals surface area contributed by atoms with Crippen molar-refractivity contribution in [1.82, 2.24) is 0 Å². The van der Waals surface area contributed by atoms with Crippen molar-refractivity contribution in [2.24, 2.45) is 22.6 Å². The van der Waals surface area contributed by atoms with E-state index in [0.717, 1.165) is 17.9 Å². The number of benzene rings is 1. The zero-order chi connectivity index (χ0) is 22.7. The van der Waals surface area contributed by atoms with Crippen LogP contribution in [0.5, 0.6) is 0 Å². The van der Waals surface area contributed by atoms with Gasteiger partial charge in [0.15, 0.2) is 0 Å². The molecule has 5 heteroatoms. The summed E-state index contributed by atoms with van der Waals surface area (Å²) in [5.41, 5.74) is 10.4. The van der Waals surface area contributed by atoms with Gasteiger partial charge in [-0.15, -0.1) is 0 Å². The predicted molar refractivity (Wildman–Crippen MR) is 134 cm³/mol. The Morgan fingerprint density at radius 2 is 1.83 bits per heavy atom. The van der Waals surface area contributed by atoms with Gasteiger partial charge in [0, 0.05) is 24.7 Å². The molecule has 0 bridgehead atoms. The lowest BCUT2D eigenvalue weighted by Crippen LogP contribution is -2.39. The van der Waals surface area contributed by atoms with Crippen LogP contribution in [0.4, 0.5) is 11.4 Å². The van der Waals surface area contributed by atoms with E-state index >= 15 is 0 Å². The average Bonchev–Trinajstić information content (AvgIpc) is 2.73. The highest BCUT2D eigenvalue weighted by molar-refractivity contribution is 5.81. The molecule has 1 saturated carbocycles. The molecule has 0 saturated heterocycles. The molecular weight excluding hydrogens is 370 g/mol. The molecule has 2 rings (SSSR count). The molecule has 0 radical (unpaired) electrons. The fraction of sp³-hybridized carbons (Fsp3) is 0.640. The van der Waals surface area contributed by atoms with Gasteiger partial charge >= 0.3 is 0 Å². The van der Waals surface area contributed by atoms with Crippen LogP contribution < -0.4 is 21.8 Å². The summed E-state index contributed by atoms with van der Waals surface area (Å²) in [6, 6.07) is 7.35. The first kappa shape index (κ1) is 25.9. The van der Waals surface area contributed by atoms with Gasteiger partial charge in [-0.1, -0.05) is 66.5 Å². The molecule has 1 unspecified atom stereocenters. The standard InChI is InChI=1S/C23H39N5.C2H6/c1-16(2)15-28(20-9-7-6-8-10-20)22-12-11-19(14-21(22)26-17(3)4)18(5)13-23(24)27-25;1-2/h11-12,14,16,18,20,26H,3,6-10,13,15,25H2,1-2,4-5H3,(H2,24,27);1-2H3. The summed E-state index contributed by atoms with van der Waals surface area (Å²) in [6.07, 6.45) is 7.23. The molecule has 0 aliphatic heterocycles. The van der Waals surface area contributed by atoms with Crippen LogP contribution in [0, 0.1) is 5.92 Å². The molecule has 1 aliphatic carbocycles. The highest BCUT2D eigenvalue weighted by Crippen LogP contribution is 2.36. The fourth-order valence-corrected chi connectivity index (χ4v) is 4.16. The molecule has 0 aromatic heterocycles. The van der Waals surface area contributed by atoms with Crippen LogP contribution in [0.1, 0.15) is 91.5 Å². The second kappa shape index (κ2) is 13.2. The van der Waals surface area contributed by atoms with E-state index in [2.05, 4.69) is 60.9 Å². The fourth-order valence-electron chi connectivity index (χ4n) is 4.16. The minimum Gasteiger partial charge on any atom is -0.386 e. The third kappa shape index (κ3) is 7.92. The van der Waals surface area contributed by atoms with E-state index in [0.29, 0.717) is 24.2 Å². The smallest absolute Gasteiger partial charge is 0.119 e. The largest absolute Gasteiger partial charge is 0.386 e. The summed E-state index contributed by atoms with van der Waals surface area (Å²) in [5, 5.41) is 7.13.